The summed E-state index contributed by atoms with van der Waals surface area (Å²) >= 11 is 0. The van der Waals surface area contributed by atoms with Crippen LogP contribution in [-0.4, -0.2) is 24.9 Å². The molecule has 0 amide bonds. The van der Waals surface area contributed by atoms with Crippen molar-refractivity contribution in [2.24, 2.45) is 0 Å². The molecule has 0 spiro atoms. The van der Waals surface area contributed by atoms with Crippen LogP contribution in [-0.2, 0) is 0 Å². The number of oxazole rings is 2. The minimum absolute atomic E-state index is 0.520. The first-order chi connectivity index (χ1) is 29.2. The summed E-state index contributed by atoms with van der Waals surface area (Å²) in [5.74, 6) is 2.72. The molecule has 0 bridgehead atoms. The minimum Gasteiger partial charge on any atom is -0.456 e. The summed E-state index contributed by atoms with van der Waals surface area (Å²) < 4.78 is 18.9. The van der Waals surface area contributed by atoms with Crippen molar-refractivity contribution < 1.29 is 13.3 Å². The Balaban J connectivity index is 1.05. The van der Waals surface area contributed by atoms with E-state index in [1.54, 1.807) is 0 Å². The molecule has 0 saturated carbocycles. The average Bonchev–Trinajstić information content (AvgIpc) is 4.05. The van der Waals surface area contributed by atoms with Crippen LogP contribution >= 0.6 is 0 Å². The van der Waals surface area contributed by atoms with Crippen molar-refractivity contribution in [3.63, 3.8) is 0 Å². The van der Waals surface area contributed by atoms with Gasteiger partial charge in [0.2, 0.25) is 11.8 Å². The van der Waals surface area contributed by atoms with E-state index in [2.05, 4.69) is 48.5 Å². The molecule has 12 aromatic rings. The Morgan fingerprint density at radius 2 is 0.814 bits per heavy atom. The third-order valence-corrected chi connectivity index (χ3v) is 10.8. The second-order valence-corrected chi connectivity index (χ2v) is 14.5. The Bertz CT molecular complexity index is 3560. The predicted molar refractivity (Wildman–Crippen MR) is 232 cm³/mol. The zero-order valence-electron chi connectivity index (χ0n) is 31.2. The highest BCUT2D eigenvalue weighted by Crippen LogP contribution is 2.41. The molecule has 0 saturated heterocycles. The highest BCUT2D eigenvalue weighted by molar-refractivity contribution is 6.25. The first-order valence-corrected chi connectivity index (χ1v) is 19.3. The Morgan fingerprint density at radius 3 is 1.54 bits per heavy atom. The molecule has 0 N–H and O–H groups in total. The number of rotatable bonds is 6. The number of hydrogen-bond acceptors (Lipinski definition) is 8. The fourth-order valence-corrected chi connectivity index (χ4v) is 7.91. The highest BCUT2D eigenvalue weighted by atomic mass is 16.4. The van der Waals surface area contributed by atoms with E-state index in [9.17, 15) is 0 Å². The molecule has 0 radical (unpaired) electrons. The third-order valence-electron chi connectivity index (χ3n) is 10.8. The van der Waals surface area contributed by atoms with E-state index in [0.29, 0.717) is 45.9 Å². The van der Waals surface area contributed by atoms with Gasteiger partial charge >= 0.3 is 0 Å². The van der Waals surface area contributed by atoms with Crippen molar-refractivity contribution in [1.29, 1.82) is 0 Å². The lowest BCUT2D eigenvalue weighted by atomic mass is 10.0. The average molecular weight is 760 g/mol. The summed E-state index contributed by atoms with van der Waals surface area (Å²) in [5.41, 5.74) is 10.8. The molecule has 4 heterocycles. The Kier molecular flexibility index (Phi) is 7.36. The molecule has 0 fully saturated rings. The van der Waals surface area contributed by atoms with Crippen LogP contribution in [0.1, 0.15) is 0 Å². The van der Waals surface area contributed by atoms with Gasteiger partial charge in [0.1, 0.15) is 22.2 Å². The summed E-state index contributed by atoms with van der Waals surface area (Å²) in [6, 6.07) is 58.6. The molecule has 12 rings (SSSR count). The van der Waals surface area contributed by atoms with E-state index in [0.717, 1.165) is 77.2 Å². The maximum absolute atomic E-state index is 6.46. The largest absolute Gasteiger partial charge is 0.456 e. The summed E-state index contributed by atoms with van der Waals surface area (Å²) in [5, 5.41) is 3.89. The summed E-state index contributed by atoms with van der Waals surface area (Å²) in [4.78, 5) is 25.2. The van der Waals surface area contributed by atoms with Crippen molar-refractivity contribution in [1.82, 2.24) is 24.9 Å². The molecule has 0 aliphatic rings. The molecular formula is C51H29N5O3. The van der Waals surface area contributed by atoms with E-state index in [-0.39, 0.29) is 0 Å². The van der Waals surface area contributed by atoms with Gasteiger partial charge in [-0.1, -0.05) is 103 Å². The lowest BCUT2D eigenvalue weighted by molar-refractivity contribution is 0.619. The molecule has 0 aliphatic carbocycles. The fraction of sp³-hybridized carbons (Fsp3) is 0. The number of furan rings is 1. The molecular weight excluding hydrogens is 731 g/mol. The lowest BCUT2D eigenvalue weighted by Crippen LogP contribution is -2.00. The van der Waals surface area contributed by atoms with Crippen LogP contribution in [0.3, 0.4) is 0 Å². The van der Waals surface area contributed by atoms with Crippen LogP contribution in [0.4, 0.5) is 0 Å². The molecule has 8 nitrogen and oxygen atoms in total. The monoisotopic (exact) mass is 759 g/mol. The maximum Gasteiger partial charge on any atom is 0.227 e. The highest BCUT2D eigenvalue weighted by Gasteiger charge is 2.20. The summed E-state index contributed by atoms with van der Waals surface area (Å²) in [6.07, 6.45) is 0. The zero-order chi connectivity index (χ0) is 38.9. The Morgan fingerprint density at radius 1 is 0.305 bits per heavy atom. The molecule has 0 aliphatic heterocycles. The van der Waals surface area contributed by atoms with Gasteiger partial charge in [-0.15, -0.1) is 0 Å². The summed E-state index contributed by atoms with van der Waals surface area (Å²) in [6.45, 7) is 0. The van der Waals surface area contributed by atoms with Crippen LogP contribution in [0.5, 0.6) is 0 Å². The SMILES string of the molecule is c1ccc(-c2cccc(-c3nc(-c4ccc5oc(-c6ccccc6)nc5c4)nc(-c4ccc5ccc6oc7ccc8oc(-c9ccccc9)nc8c7c6c5c4)n3)c2)cc1. The van der Waals surface area contributed by atoms with Gasteiger partial charge in [0.25, 0.3) is 0 Å². The number of nitrogens with zero attached hydrogens (tertiary/aromatic N) is 5. The molecule has 0 atom stereocenters. The third kappa shape index (κ3) is 5.65. The van der Waals surface area contributed by atoms with E-state index < -0.39 is 0 Å². The molecule has 59 heavy (non-hydrogen) atoms. The van der Waals surface area contributed by atoms with Crippen LogP contribution in [0, 0.1) is 0 Å². The van der Waals surface area contributed by atoms with Crippen molar-refractivity contribution in [2.45, 2.75) is 0 Å². The molecule has 8 aromatic carbocycles. The number of benzene rings is 8. The molecule has 0 unspecified atom stereocenters. The van der Waals surface area contributed by atoms with Crippen LogP contribution in [0.25, 0.3) is 123 Å². The van der Waals surface area contributed by atoms with Gasteiger partial charge in [0.15, 0.2) is 28.6 Å². The van der Waals surface area contributed by atoms with E-state index in [1.165, 1.54) is 0 Å². The Hall–Kier alpha value is -8.23. The minimum atomic E-state index is 0.520. The topological polar surface area (TPSA) is 104 Å². The van der Waals surface area contributed by atoms with Crippen LogP contribution in [0.15, 0.2) is 189 Å². The fourth-order valence-electron chi connectivity index (χ4n) is 7.91. The quantitative estimate of drug-likeness (QED) is 0.165. The molecule has 4 aromatic heterocycles. The van der Waals surface area contributed by atoms with Gasteiger partial charge < -0.3 is 13.3 Å². The second kappa shape index (κ2) is 13.2. The smallest absolute Gasteiger partial charge is 0.227 e. The van der Waals surface area contributed by atoms with E-state index >= 15 is 0 Å². The first-order valence-electron chi connectivity index (χ1n) is 19.3. The Labute approximate surface area is 336 Å². The van der Waals surface area contributed by atoms with Gasteiger partial charge in [-0.3, -0.25) is 0 Å². The number of hydrogen-bond donors (Lipinski definition) is 0. The zero-order valence-corrected chi connectivity index (χ0v) is 31.2. The van der Waals surface area contributed by atoms with Gasteiger partial charge in [0, 0.05) is 33.2 Å². The van der Waals surface area contributed by atoms with Gasteiger partial charge in [-0.25, -0.2) is 24.9 Å². The predicted octanol–water partition coefficient (Wildman–Crippen LogP) is 13.2. The van der Waals surface area contributed by atoms with Gasteiger partial charge in [0.05, 0.1) is 5.39 Å². The van der Waals surface area contributed by atoms with Crippen LogP contribution < -0.4 is 0 Å². The van der Waals surface area contributed by atoms with Crippen molar-refractivity contribution >= 4 is 54.9 Å². The lowest BCUT2D eigenvalue weighted by Gasteiger charge is -2.10. The second-order valence-electron chi connectivity index (χ2n) is 14.5. The van der Waals surface area contributed by atoms with Crippen molar-refractivity contribution in [2.75, 3.05) is 0 Å². The maximum atomic E-state index is 6.46. The van der Waals surface area contributed by atoms with Crippen molar-refractivity contribution in [3.05, 3.63) is 176 Å². The van der Waals surface area contributed by atoms with Crippen molar-refractivity contribution in [3.8, 4) is 68.2 Å². The summed E-state index contributed by atoms with van der Waals surface area (Å²) in [7, 11) is 0. The van der Waals surface area contributed by atoms with E-state index in [4.69, 9.17) is 38.2 Å². The number of fused-ring (bicyclic) bond motifs is 8. The molecule has 8 heteroatoms. The normalized spacial score (nSPS) is 11.7. The van der Waals surface area contributed by atoms with Gasteiger partial charge in [-0.2, -0.15) is 0 Å². The first kappa shape index (κ1) is 33.0. The van der Waals surface area contributed by atoms with Crippen LogP contribution in [0.2, 0.25) is 0 Å². The standard InChI is InChI=1S/C51H29N5O3/c1-4-11-30(12-5-1)34-17-10-18-35(27-34)47-54-48(56-49(55-47)37-22-23-40-39(29-37)52-50(58-40)32-13-6-2-7-14-32)36-20-19-31-21-24-41-44(38(31)28-36)45-42(57-41)25-26-43-46(45)53-51(59-43)33-15-8-3-9-16-33/h1-29H. The molecule has 276 valence electrons. The van der Waals surface area contributed by atoms with Gasteiger partial charge in [-0.05, 0) is 94.7 Å². The number of aromatic nitrogens is 5. The van der Waals surface area contributed by atoms with E-state index in [1.807, 2.05) is 127 Å².